The van der Waals surface area contributed by atoms with Crippen molar-refractivity contribution in [2.75, 3.05) is 18.6 Å². The fourth-order valence-electron chi connectivity index (χ4n) is 2.19. The van der Waals surface area contributed by atoms with Gasteiger partial charge in [0.05, 0.1) is 16.8 Å². The number of halogens is 2. The number of nitrogens with one attached hydrogen (secondary N) is 1. The fraction of sp³-hybridized carbons (Fsp3) is 0.278. The third kappa shape index (κ3) is 5.15. The maximum absolute atomic E-state index is 12.5. The normalized spacial score (nSPS) is 12.2. The predicted octanol–water partition coefficient (Wildman–Crippen LogP) is 5.17. The molecule has 0 aliphatic heterocycles. The average molecular weight is 383 g/mol. The lowest BCUT2D eigenvalue weighted by molar-refractivity contribution is -0.120. The molecule has 1 unspecified atom stereocenters. The first-order valence-corrected chi connectivity index (χ1v) is 9.48. The smallest absolute Gasteiger partial charge is 0.241 e. The van der Waals surface area contributed by atoms with Crippen LogP contribution >= 0.6 is 35.0 Å². The van der Waals surface area contributed by atoms with Crippen molar-refractivity contribution in [2.45, 2.75) is 24.4 Å². The Bertz CT molecular complexity index is 707. The average Bonchev–Trinajstić information content (AvgIpc) is 2.58. The second-order valence-corrected chi connectivity index (χ2v) is 7.28. The van der Waals surface area contributed by atoms with Gasteiger partial charge in [-0.2, -0.15) is 0 Å². The maximum Gasteiger partial charge on any atom is 0.241 e. The van der Waals surface area contributed by atoms with Gasteiger partial charge < -0.3 is 5.32 Å². The van der Waals surface area contributed by atoms with Crippen molar-refractivity contribution in [3.05, 3.63) is 58.1 Å². The molecule has 128 valence electrons. The molecule has 1 N–H and O–H groups in total. The van der Waals surface area contributed by atoms with Gasteiger partial charge in [-0.3, -0.25) is 9.69 Å². The summed E-state index contributed by atoms with van der Waals surface area (Å²) in [5.41, 5.74) is 1.69. The number of thioether (sulfide) groups is 1. The zero-order chi connectivity index (χ0) is 17.7. The molecule has 0 heterocycles. The van der Waals surface area contributed by atoms with Crippen LogP contribution in [0.3, 0.4) is 0 Å². The van der Waals surface area contributed by atoms with Crippen molar-refractivity contribution < 1.29 is 4.79 Å². The number of rotatable bonds is 6. The largest absolute Gasteiger partial charge is 0.323 e. The lowest BCUT2D eigenvalue weighted by atomic mass is 10.2. The van der Waals surface area contributed by atoms with Crippen LogP contribution in [0.5, 0.6) is 0 Å². The number of carbonyl (C=O) groups excluding carboxylic acids is 1. The van der Waals surface area contributed by atoms with E-state index in [1.165, 1.54) is 4.90 Å². The highest BCUT2D eigenvalue weighted by molar-refractivity contribution is 7.98. The Morgan fingerprint density at radius 3 is 2.50 bits per heavy atom. The van der Waals surface area contributed by atoms with Gasteiger partial charge in [0, 0.05) is 16.5 Å². The Morgan fingerprint density at radius 2 is 1.88 bits per heavy atom. The van der Waals surface area contributed by atoms with Crippen LogP contribution in [0.4, 0.5) is 5.69 Å². The lowest BCUT2D eigenvalue weighted by Gasteiger charge is -2.24. The molecule has 0 aliphatic carbocycles. The third-order valence-corrected chi connectivity index (χ3v) is 5.13. The number of likely N-dealkylation sites (N-methyl/N-ethyl adjacent to an activating group) is 1. The molecule has 2 aromatic rings. The minimum absolute atomic E-state index is 0.123. The molecule has 1 amide bonds. The van der Waals surface area contributed by atoms with E-state index in [2.05, 4.69) is 35.8 Å². The number of hydrogen-bond acceptors (Lipinski definition) is 3. The van der Waals surface area contributed by atoms with Crippen LogP contribution in [-0.2, 0) is 11.3 Å². The zero-order valence-corrected chi connectivity index (χ0v) is 16.2. The van der Waals surface area contributed by atoms with E-state index in [-0.39, 0.29) is 11.9 Å². The van der Waals surface area contributed by atoms with E-state index in [0.29, 0.717) is 22.3 Å². The van der Waals surface area contributed by atoms with Crippen molar-refractivity contribution in [3.8, 4) is 0 Å². The topological polar surface area (TPSA) is 32.3 Å². The standard InChI is InChI=1S/C18H20Cl2N2OS/c1-12(18(23)21-17-10-14(19)6-9-16(17)20)22(2)11-13-4-7-15(24-3)8-5-13/h4-10,12H,11H2,1-3H3,(H,21,23). The molecule has 0 radical (unpaired) electrons. The van der Waals surface area contributed by atoms with E-state index in [1.54, 1.807) is 30.0 Å². The quantitative estimate of drug-likeness (QED) is 0.698. The van der Waals surface area contributed by atoms with Gasteiger partial charge in [-0.15, -0.1) is 11.8 Å². The summed E-state index contributed by atoms with van der Waals surface area (Å²) in [6, 6.07) is 13.0. The number of anilines is 1. The van der Waals surface area contributed by atoms with Crippen molar-refractivity contribution in [1.82, 2.24) is 4.90 Å². The van der Waals surface area contributed by atoms with Gasteiger partial charge in [0.25, 0.3) is 0 Å². The summed E-state index contributed by atoms with van der Waals surface area (Å²) in [6.07, 6.45) is 2.05. The third-order valence-electron chi connectivity index (χ3n) is 3.82. The van der Waals surface area contributed by atoms with Gasteiger partial charge in [-0.25, -0.2) is 0 Å². The highest BCUT2D eigenvalue weighted by Crippen LogP contribution is 2.25. The molecule has 24 heavy (non-hydrogen) atoms. The number of benzene rings is 2. The van der Waals surface area contributed by atoms with E-state index >= 15 is 0 Å². The number of amides is 1. The van der Waals surface area contributed by atoms with Crippen LogP contribution in [0.2, 0.25) is 10.0 Å². The Kier molecular flexibility index (Phi) is 6.99. The highest BCUT2D eigenvalue weighted by Gasteiger charge is 2.19. The predicted molar refractivity (Wildman–Crippen MR) is 104 cm³/mol. The zero-order valence-electron chi connectivity index (χ0n) is 13.8. The van der Waals surface area contributed by atoms with Gasteiger partial charge in [0.2, 0.25) is 5.91 Å². The van der Waals surface area contributed by atoms with Crippen molar-refractivity contribution in [2.24, 2.45) is 0 Å². The summed E-state index contributed by atoms with van der Waals surface area (Å²) >= 11 is 13.8. The van der Waals surface area contributed by atoms with Crippen LogP contribution in [0, 0.1) is 0 Å². The van der Waals surface area contributed by atoms with Crippen LogP contribution in [0.15, 0.2) is 47.4 Å². The first-order valence-electron chi connectivity index (χ1n) is 7.50. The maximum atomic E-state index is 12.5. The molecule has 0 saturated heterocycles. The highest BCUT2D eigenvalue weighted by atomic mass is 35.5. The molecule has 6 heteroatoms. The summed E-state index contributed by atoms with van der Waals surface area (Å²) in [6.45, 7) is 2.55. The summed E-state index contributed by atoms with van der Waals surface area (Å²) in [5.74, 6) is -0.123. The van der Waals surface area contributed by atoms with Crippen LogP contribution in [0.1, 0.15) is 12.5 Å². The van der Waals surface area contributed by atoms with Gasteiger partial charge in [0.15, 0.2) is 0 Å². The molecular formula is C18H20Cl2N2OS. The molecule has 2 aromatic carbocycles. The minimum atomic E-state index is -0.305. The molecule has 0 bridgehead atoms. The molecule has 2 rings (SSSR count). The lowest BCUT2D eigenvalue weighted by Crippen LogP contribution is -2.39. The summed E-state index contributed by atoms with van der Waals surface area (Å²) in [4.78, 5) is 15.7. The Balaban J connectivity index is 1.99. The Hall–Kier alpha value is -1.20. The second kappa shape index (κ2) is 8.77. The van der Waals surface area contributed by atoms with E-state index in [1.807, 2.05) is 18.9 Å². The van der Waals surface area contributed by atoms with E-state index in [9.17, 15) is 4.79 Å². The van der Waals surface area contributed by atoms with Gasteiger partial charge in [0.1, 0.15) is 0 Å². The van der Waals surface area contributed by atoms with Gasteiger partial charge >= 0.3 is 0 Å². The van der Waals surface area contributed by atoms with Crippen LogP contribution < -0.4 is 5.32 Å². The molecular weight excluding hydrogens is 363 g/mol. The van der Waals surface area contributed by atoms with Crippen LogP contribution in [0.25, 0.3) is 0 Å². The molecule has 3 nitrogen and oxygen atoms in total. The second-order valence-electron chi connectivity index (χ2n) is 5.55. The molecule has 0 aromatic heterocycles. The SMILES string of the molecule is CSc1ccc(CN(C)C(C)C(=O)Nc2cc(Cl)ccc2Cl)cc1. The molecule has 0 spiro atoms. The fourth-order valence-corrected chi connectivity index (χ4v) is 2.93. The summed E-state index contributed by atoms with van der Waals surface area (Å²) < 4.78 is 0. The number of hydrogen-bond donors (Lipinski definition) is 1. The van der Waals surface area contributed by atoms with Crippen molar-refractivity contribution in [3.63, 3.8) is 0 Å². The van der Waals surface area contributed by atoms with Crippen molar-refractivity contribution in [1.29, 1.82) is 0 Å². The molecule has 0 fully saturated rings. The summed E-state index contributed by atoms with van der Waals surface area (Å²) in [5, 5.41) is 3.84. The van der Waals surface area contributed by atoms with Crippen LogP contribution in [-0.4, -0.2) is 30.2 Å². The molecule has 0 aliphatic rings. The number of carbonyl (C=O) groups is 1. The Labute approximate surface area is 157 Å². The van der Waals surface area contributed by atoms with E-state index in [0.717, 1.165) is 5.56 Å². The minimum Gasteiger partial charge on any atom is -0.323 e. The first kappa shape index (κ1) is 19.1. The van der Waals surface area contributed by atoms with E-state index < -0.39 is 0 Å². The van der Waals surface area contributed by atoms with Gasteiger partial charge in [-0.1, -0.05) is 35.3 Å². The van der Waals surface area contributed by atoms with Crippen molar-refractivity contribution >= 4 is 46.6 Å². The number of nitrogens with zero attached hydrogens (tertiary/aromatic N) is 1. The van der Waals surface area contributed by atoms with Gasteiger partial charge in [-0.05, 0) is 56.1 Å². The Morgan fingerprint density at radius 1 is 1.21 bits per heavy atom. The van der Waals surface area contributed by atoms with E-state index in [4.69, 9.17) is 23.2 Å². The monoisotopic (exact) mass is 382 g/mol. The molecule has 1 atom stereocenters. The summed E-state index contributed by atoms with van der Waals surface area (Å²) in [7, 11) is 1.92. The first-order chi connectivity index (χ1) is 11.4. The molecule has 0 saturated carbocycles.